The van der Waals surface area contributed by atoms with Crippen molar-refractivity contribution in [3.63, 3.8) is 0 Å². The second kappa shape index (κ2) is 6.78. The molecule has 2 rings (SSSR count). The molecule has 0 fully saturated rings. The van der Waals surface area contributed by atoms with E-state index in [0.29, 0.717) is 23.3 Å². The number of amides is 1. The van der Waals surface area contributed by atoms with E-state index >= 15 is 0 Å². The van der Waals surface area contributed by atoms with Crippen LogP contribution in [0, 0.1) is 4.77 Å². The maximum Gasteiger partial charge on any atom is 0.263 e. The highest BCUT2D eigenvalue weighted by molar-refractivity contribution is 7.71. The Morgan fingerprint density at radius 3 is 3.15 bits per heavy atom. The molecule has 6 nitrogen and oxygen atoms in total. The van der Waals surface area contributed by atoms with Crippen molar-refractivity contribution in [2.45, 2.75) is 13.0 Å². The molecule has 108 valence electrons. The molecule has 2 aromatic heterocycles. The lowest BCUT2D eigenvalue weighted by Gasteiger charge is -2.07. The summed E-state index contributed by atoms with van der Waals surface area (Å²) in [4.78, 5) is 27.6. The van der Waals surface area contributed by atoms with Crippen molar-refractivity contribution in [1.29, 1.82) is 0 Å². The van der Waals surface area contributed by atoms with Crippen molar-refractivity contribution in [3.05, 3.63) is 26.6 Å². The van der Waals surface area contributed by atoms with Crippen LogP contribution >= 0.6 is 23.6 Å². The van der Waals surface area contributed by atoms with E-state index in [2.05, 4.69) is 10.3 Å². The molecule has 8 heteroatoms. The quantitative estimate of drug-likeness (QED) is 0.622. The molecule has 0 atom stereocenters. The van der Waals surface area contributed by atoms with E-state index in [-0.39, 0.29) is 24.4 Å². The smallest absolute Gasteiger partial charge is 0.263 e. The average Bonchev–Trinajstić information content (AvgIpc) is 2.87. The van der Waals surface area contributed by atoms with Crippen LogP contribution in [0.25, 0.3) is 10.2 Å². The summed E-state index contributed by atoms with van der Waals surface area (Å²) in [6.07, 6.45) is 0.205. The Bertz CT molecular complexity index is 717. The number of nitrogens with one attached hydrogen (secondary N) is 2. The molecular formula is C12H15N3O3S2. The topological polar surface area (TPSA) is 76.1 Å². The third-order valence-corrected chi connectivity index (χ3v) is 3.95. The first kappa shape index (κ1) is 14.9. The summed E-state index contributed by atoms with van der Waals surface area (Å²) in [5.74, 6) is -0.131. The zero-order valence-electron chi connectivity index (χ0n) is 11.0. The number of carbonyl (C=O) groups excluding carboxylic acids is 1. The number of methoxy groups -OCH3 is 1. The number of aromatic amines is 1. The molecule has 0 aliphatic rings. The van der Waals surface area contributed by atoms with Crippen LogP contribution in [0.1, 0.15) is 6.42 Å². The summed E-state index contributed by atoms with van der Waals surface area (Å²) in [5.41, 5.74) is -0.158. The van der Waals surface area contributed by atoms with E-state index in [9.17, 15) is 9.59 Å². The van der Waals surface area contributed by atoms with Crippen LogP contribution in [0.5, 0.6) is 0 Å². The Morgan fingerprint density at radius 2 is 2.40 bits per heavy atom. The monoisotopic (exact) mass is 313 g/mol. The molecule has 0 aromatic carbocycles. The number of thiophene rings is 1. The SMILES string of the molecule is COCCNC(=O)CCn1c(=S)[nH]c2sccc2c1=O. The summed E-state index contributed by atoms with van der Waals surface area (Å²) < 4.78 is 6.60. The number of aromatic nitrogens is 2. The van der Waals surface area contributed by atoms with Gasteiger partial charge < -0.3 is 15.0 Å². The van der Waals surface area contributed by atoms with Gasteiger partial charge in [0.1, 0.15) is 4.83 Å². The van der Waals surface area contributed by atoms with Gasteiger partial charge in [0.05, 0.1) is 12.0 Å². The number of rotatable bonds is 6. The highest BCUT2D eigenvalue weighted by atomic mass is 32.1. The molecule has 0 bridgehead atoms. The molecule has 2 heterocycles. The Kier molecular flexibility index (Phi) is 5.05. The van der Waals surface area contributed by atoms with Crippen molar-refractivity contribution >= 4 is 39.7 Å². The van der Waals surface area contributed by atoms with Crippen molar-refractivity contribution in [3.8, 4) is 0 Å². The van der Waals surface area contributed by atoms with Crippen LogP contribution in [0.3, 0.4) is 0 Å². The summed E-state index contributed by atoms with van der Waals surface area (Å²) in [6.45, 7) is 1.19. The molecule has 2 N–H and O–H groups in total. The van der Waals surface area contributed by atoms with Crippen molar-refractivity contribution in [1.82, 2.24) is 14.9 Å². The van der Waals surface area contributed by atoms with Gasteiger partial charge in [0, 0.05) is 26.6 Å². The minimum atomic E-state index is -0.158. The third-order valence-electron chi connectivity index (χ3n) is 2.80. The van der Waals surface area contributed by atoms with Gasteiger partial charge in [-0.25, -0.2) is 0 Å². The van der Waals surface area contributed by atoms with Gasteiger partial charge in [0.2, 0.25) is 5.91 Å². The van der Waals surface area contributed by atoms with Gasteiger partial charge in [-0.2, -0.15) is 0 Å². The van der Waals surface area contributed by atoms with Gasteiger partial charge in [0.15, 0.2) is 4.77 Å². The lowest BCUT2D eigenvalue weighted by Crippen LogP contribution is -2.30. The van der Waals surface area contributed by atoms with E-state index in [4.69, 9.17) is 17.0 Å². The van der Waals surface area contributed by atoms with Crippen LogP contribution < -0.4 is 10.9 Å². The number of H-pyrrole nitrogens is 1. The van der Waals surface area contributed by atoms with Crippen molar-refractivity contribution in [2.24, 2.45) is 0 Å². The van der Waals surface area contributed by atoms with E-state index in [1.807, 2.05) is 5.38 Å². The Labute approximate surface area is 124 Å². The fraction of sp³-hybridized carbons (Fsp3) is 0.417. The Balaban J connectivity index is 2.08. The first-order valence-electron chi connectivity index (χ1n) is 6.09. The highest BCUT2D eigenvalue weighted by Crippen LogP contribution is 2.14. The number of nitrogens with zero attached hydrogens (tertiary/aromatic N) is 1. The zero-order chi connectivity index (χ0) is 14.5. The van der Waals surface area contributed by atoms with E-state index < -0.39 is 0 Å². The Hall–Kier alpha value is -1.51. The summed E-state index contributed by atoms with van der Waals surface area (Å²) in [7, 11) is 1.57. The van der Waals surface area contributed by atoms with Gasteiger partial charge in [-0.1, -0.05) is 0 Å². The minimum absolute atomic E-state index is 0.131. The summed E-state index contributed by atoms with van der Waals surface area (Å²) >= 11 is 6.59. The second-order valence-corrected chi connectivity index (χ2v) is 5.45. The first-order chi connectivity index (χ1) is 9.63. The van der Waals surface area contributed by atoms with Gasteiger partial charge in [-0.3, -0.25) is 14.2 Å². The standard InChI is InChI=1S/C12H15N3O3S2/c1-18-6-4-13-9(16)2-5-15-11(17)8-3-7-20-10(8)14-12(15)19/h3,7H,2,4-6H2,1H3,(H,13,16)(H,14,19). The van der Waals surface area contributed by atoms with Gasteiger partial charge >= 0.3 is 0 Å². The molecule has 0 unspecified atom stereocenters. The fourth-order valence-corrected chi connectivity index (χ4v) is 2.89. The van der Waals surface area contributed by atoms with Crippen LogP contribution in [-0.2, 0) is 16.1 Å². The highest BCUT2D eigenvalue weighted by Gasteiger charge is 2.08. The zero-order valence-corrected chi connectivity index (χ0v) is 12.6. The largest absolute Gasteiger partial charge is 0.383 e. The number of hydrogen-bond acceptors (Lipinski definition) is 5. The molecule has 0 saturated carbocycles. The van der Waals surface area contributed by atoms with Crippen LogP contribution in [0.2, 0.25) is 0 Å². The van der Waals surface area contributed by atoms with E-state index in [1.54, 1.807) is 13.2 Å². The maximum absolute atomic E-state index is 12.2. The first-order valence-corrected chi connectivity index (χ1v) is 7.38. The second-order valence-electron chi connectivity index (χ2n) is 4.14. The maximum atomic E-state index is 12.2. The predicted molar refractivity (Wildman–Crippen MR) is 80.8 cm³/mol. The molecule has 0 aliphatic carbocycles. The lowest BCUT2D eigenvalue weighted by molar-refractivity contribution is -0.121. The fourth-order valence-electron chi connectivity index (χ4n) is 1.77. The van der Waals surface area contributed by atoms with Gasteiger partial charge in [-0.15, -0.1) is 11.3 Å². The molecule has 0 radical (unpaired) electrons. The van der Waals surface area contributed by atoms with E-state index in [0.717, 1.165) is 4.83 Å². The molecule has 0 spiro atoms. The molecule has 20 heavy (non-hydrogen) atoms. The van der Waals surface area contributed by atoms with Crippen LogP contribution in [0.4, 0.5) is 0 Å². The van der Waals surface area contributed by atoms with Crippen LogP contribution in [0.15, 0.2) is 16.2 Å². The van der Waals surface area contributed by atoms with Crippen molar-refractivity contribution < 1.29 is 9.53 Å². The molecular weight excluding hydrogens is 298 g/mol. The van der Waals surface area contributed by atoms with Gasteiger partial charge in [-0.05, 0) is 23.7 Å². The number of carbonyl (C=O) groups is 1. The average molecular weight is 313 g/mol. The molecule has 2 aromatic rings. The molecule has 0 aliphatic heterocycles. The lowest BCUT2D eigenvalue weighted by atomic mass is 10.3. The molecule has 0 saturated heterocycles. The normalized spacial score (nSPS) is 10.8. The molecule has 1 amide bonds. The van der Waals surface area contributed by atoms with Crippen LogP contribution in [-0.4, -0.2) is 35.7 Å². The predicted octanol–water partition coefficient (Wildman–Crippen LogP) is 1.27. The van der Waals surface area contributed by atoms with Gasteiger partial charge in [0.25, 0.3) is 5.56 Å². The summed E-state index contributed by atoms with van der Waals surface area (Å²) in [6, 6.07) is 1.75. The Morgan fingerprint density at radius 1 is 1.60 bits per heavy atom. The number of hydrogen-bond donors (Lipinski definition) is 2. The number of fused-ring (bicyclic) bond motifs is 1. The third kappa shape index (κ3) is 3.33. The minimum Gasteiger partial charge on any atom is -0.383 e. The summed E-state index contributed by atoms with van der Waals surface area (Å²) in [5, 5.41) is 5.14. The van der Waals surface area contributed by atoms with Crippen molar-refractivity contribution in [2.75, 3.05) is 20.3 Å². The van der Waals surface area contributed by atoms with E-state index in [1.165, 1.54) is 15.9 Å². The number of ether oxygens (including phenoxy) is 1.